The molecule has 20 heavy (non-hydrogen) atoms. The summed E-state index contributed by atoms with van der Waals surface area (Å²) in [5.41, 5.74) is 1.26. The van der Waals surface area contributed by atoms with Gasteiger partial charge in [0.2, 0.25) is 0 Å². The third-order valence-corrected chi connectivity index (χ3v) is 3.55. The predicted molar refractivity (Wildman–Crippen MR) is 72.5 cm³/mol. The van der Waals surface area contributed by atoms with Crippen LogP contribution in [0.2, 0.25) is 0 Å². The molecular weight excluding hydrogens is 259 g/mol. The Kier molecular flexibility index (Phi) is 3.32. The molecule has 1 heterocycles. The minimum atomic E-state index is -1.01. The van der Waals surface area contributed by atoms with Crippen LogP contribution >= 0.6 is 0 Å². The van der Waals surface area contributed by atoms with Gasteiger partial charge < -0.3 is 14.6 Å². The Morgan fingerprint density at radius 2 is 2.10 bits per heavy atom. The Bertz CT molecular complexity index is 602. The van der Waals surface area contributed by atoms with Gasteiger partial charge >= 0.3 is 0 Å². The summed E-state index contributed by atoms with van der Waals surface area (Å²) in [5, 5.41) is 10.3. The molecule has 1 aliphatic heterocycles. The molecule has 3 nitrogen and oxygen atoms in total. The standard InChI is InChI=1S/C16H15FO3/c1-19-11-6-7-12(13(17)9-11)16(18)15-8-10-4-2-3-5-14(10)20-15/h2-7,9,15-16,18H,8H2,1H3. The van der Waals surface area contributed by atoms with Crippen LogP contribution in [0.5, 0.6) is 11.5 Å². The Labute approximate surface area is 116 Å². The largest absolute Gasteiger partial charge is 0.497 e. The molecule has 2 atom stereocenters. The first kappa shape index (κ1) is 12.9. The number of hydrogen-bond donors (Lipinski definition) is 1. The number of benzene rings is 2. The van der Waals surface area contributed by atoms with Crippen molar-refractivity contribution in [2.75, 3.05) is 7.11 Å². The van der Waals surface area contributed by atoms with Gasteiger partial charge in [-0.05, 0) is 23.8 Å². The van der Waals surface area contributed by atoms with Gasteiger partial charge in [-0.15, -0.1) is 0 Å². The highest BCUT2D eigenvalue weighted by atomic mass is 19.1. The highest BCUT2D eigenvalue weighted by Gasteiger charge is 2.31. The van der Waals surface area contributed by atoms with E-state index in [2.05, 4.69) is 0 Å². The normalized spacial score (nSPS) is 18.2. The summed E-state index contributed by atoms with van der Waals surface area (Å²) < 4.78 is 24.6. The highest BCUT2D eigenvalue weighted by Crippen LogP contribution is 2.35. The van der Waals surface area contributed by atoms with Crippen LogP contribution in [0.25, 0.3) is 0 Å². The fourth-order valence-electron chi connectivity index (χ4n) is 2.46. The fourth-order valence-corrected chi connectivity index (χ4v) is 2.46. The van der Waals surface area contributed by atoms with E-state index < -0.39 is 18.0 Å². The van der Waals surface area contributed by atoms with Gasteiger partial charge in [0.15, 0.2) is 0 Å². The molecule has 3 rings (SSSR count). The number of fused-ring (bicyclic) bond motifs is 1. The minimum absolute atomic E-state index is 0.226. The second-order valence-corrected chi connectivity index (χ2v) is 4.80. The maximum Gasteiger partial charge on any atom is 0.133 e. The van der Waals surface area contributed by atoms with E-state index in [4.69, 9.17) is 9.47 Å². The quantitative estimate of drug-likeness (QED) is 0.935. The number of halogens is 1. The molecule has 4 heteroatoms. The number of hydrogen-bond acceptors (Lipinski definition) is 3. The number of methoxy groups -OCH3 is 1. The van der Waals surface area contributed by atoms with Crippen molar-refractivity contribution in [3.8, 4) is 11.5 Å². The molecule has 0 fully saturated rings. The van der Waals surface area contributed by atoms with Gasteiger partial charge in [-0.25, -0.2) is 4.39 Å². The Hall–Kier alpha value is -2.07. The van der Waals surface area contributed by atoms with E-state index in [1.807, 2.05) is 24.3 Å². The maximum atomic E-state index is 14.0. The average molecular weight is 274 g/mol. The number of aliphatic hydroxyl groups excluding tert-OH is 1. The second-order valence-electron chi connectivity index (χ2n) is 4.80. The van der Waals surface area contributed by atoms with E-state index in [9.17, 15) is 9.50 Å². The van der Waals surface area contributed by atoms with E-state index in [1.54, 1.807) is 6.07 Å². The summed E-state index contributed by atoms with van der Waals surface area (Å²) in [5.74, 6) is 0.691. The van der Waals surface area contributed by atoms with Crippen LogP contribution in [0, 0.1) is 5.82 Å². The monoisotopic (exact) mass is 274 g/mol. The zero-order valence-corrected chi connectivity index (χ0v) is 11.0. The molecule has 2 unspecified atom stereocenters. The molecule has 1 aliphatic rings. The second kappa shape index (κ2) is 5.13. The SMILES string of the molecule is COc1ccc(C(O)C2Cc3ccccc3O2)c(F)c1. The van der Waals surface area contributed by atoms with Crippen molar-refractivity contribution in [2.45, 2.75) is 18.6 Å². The molecule has 1 N–H and O–H groups in total. The molecule has 0 aromatic heterocycles. The summed E-state index contributed by atoms with van der Waals surface area (Å²) in [4.78, 5) is 0. The lowest BCUT2D eigenvalue weighted by Gasteiger charge is -2.19. The van der Waals surface area contributed by atoms with Crippen molar-refractivity contribution >= 4 is 0 Å². The molecule has 0 bridgehead atoms. The molecule has 0 saturated heterocycles. The average Bonchev–Trinajstić information content (AvgIpc) is 2.90. The van der Waals surface area contributed by atoms with E-state index in [0.29, 0.717) is 12.2 Å². The highest BCUT2D eigenvalue weighted by molar-refractivity contribution is 5.39. The lowest BCUT2D eigenvalue weighted by atomic mass is 10.00. The van der Waals surface area contributed by atoms with Crippen LogP contribution in [0.1, 0.15) is 17.2 Å². The van der Waals surface area contributed by atoms with Crippen molar-refractivity contribution in [2.24, 2.45) is 0 Å². The van der Waals surface area contributed by atoms with Crippen molar-refractivity contribution in [3.05, 3.63) is 59.4 Å². The Morgan fingerprint density at radius 1 is 1.30 bits per heavy atom. The summed E-state index contributed by atoms with van der Waals surface area (Å²) in [6.45, 7) is 0. The number of aliphatic hydroxyl groups is 1. The van der Waals surface area contributed by atoms with Crippen LogP contribution in [0.15, 0.2) is 42.5 Å². The van der Waals surface area contributed by atoms with Crippen LogP contribution in [-0.4, -0.2) is 18.3 Å². The lowest BCUT2D eigenvalue weighted by Crippen LogP contribution is -2.23. The zero-order valence-electron chi connectivity index (χ0n) is 11.0. The minimum Gasteiger partial charge on any atom is -0.497 e. The number of rotatable bonds is 3. The predicted octanol–water partition coefficient (Wildman–Crippen LogP) is 2.87. The number of ether oxygens (including phenoxy) is 2. The van der Waals surface area contributed by atoms with Crippen molar-refractivity contribution in [1.82, 2.24) is 0 Å². The Balaban J connectivity index is 1.82. The third-order valence-electron chi connectivity index (χ3n) is 3.55. The molecular formula is C16H15FO3. The topological polar surface area (TPSA) is 38.7 Å². The smallest absolute Gasteiger partial charge is 0.133 e. The van der Waals surface area contributed by atoms with Gasteiger partial charge in [-0.2, -0.15) is 0 Å². The summed E-state index contributed by atoms with van der Waals surface area (Å²) >= 11 is 0. The van der Waals surface area contributed by atoms with Gasteiger partial charge in [-0.3, -0.25) is 0 Å². The molecule has 0 amide bonds. The fraction of sp³-hybridized carbons (Fsp3) is 0.250. The van der Waals surface area contributed by atoms with Crippen LogP contribution in [-0.2, 0) is 6.42 Å². The van der Waals surface area contributed by atoms with Crippen LogP contribution < -0.4 is 9.47 Å². The molecule has 0 spiro atoms. The van der Waals surface area contributed by atoms with Gasteiger partial charge in [0.05, 0.1) is 7.11 Å². The zero-order chi connectivity index (χ0) is 14.1. The maximum absolute atomic E-state index is 14.0. The first-order valence-electron chi connectivity index (χ1n) is 6.45. The van der Waals surface area contributed by atoms with E-state index in [0.717, 1.165) is 11.3 Å². The van der Waals surface area contributed by atoms with Gasteiger partial charge in [-0.1, -0.05) is 18.2 Å². The van der Waals surface area contributed by atoms with Crippen molar-refractivity contribution in [3.63, 3.8) is 0 Å². The molecule has 0 aliphatic carbocycles. The van der Waals surface area contributed by atoms with Crippen molar-refractivity contribution < 1.29 is 19.0 Å². The van der Waals surface area contributed by atoms with Crippen molar-refractivity contribution in [1.29, 1.82) is 0 Å². The van der Waals surface area contributed by atoms with Gasteiger partial charge in [0.25, 0.3) is 0 Å². The Morgan fingerprint density at radius 3 is 2.80 bits per heavy atom. The molecule has 104 valence electrons. The summed E-state index contributed by atoms with van der Waals surface area (Å²) in [7, 11) is 1.47. The molecule has 0 radical (unpaired) electrons. The van der Waals surface area contributed by atoms with Crippen LogP contribution in [0.4, 0.5) is 4.39 Å². The third kappa shape index (κ3) is 2.23. The van der Waals surface area contributed by atoms with Gasteiger partial charge in [0, 0.05) is 18.1 Å². The summed E-state index contributed by atoms with van der Waals surface area (Å²) in [6, 6.07) is 12.0. The summed E-state index contributed by atoms with van der Waals surface area (Å²) in [6.07, 6.45) is -0.897. The lowest BCUT2D eigenvalue weighted by molar-refractivity contribution is 0.0467. The molecule has 2 aromatic carbocycles. The van der Waals surface area contributed by atoms with E-state index in [1.165, 1.54) is 19.2 Å². The molecule has 2 aromatic rings. The van der Waals surface area contributed by atoms with E-state index in [-0.39, 0.29) is 5.56 Å². The number of para-hydroxylation sites is 1. The van der Waals surface area contributed by atoms with E-state index >= 15 is 0 Å². The van der Waals surface area contributed by atoms with Gasteiger partial charge in [0.1, 0.15) is 29.5 Å². The first-order valence-corrected chi connectivity index (χ1v) is 6.45. The first-order chi connectivity index (χ1) is 9.69. The molecule has 0 saturated carbocycles. The van der Waals surface area contributed by atoms with Crippen LogP contribution in [0.3, 0.4) is 0 Å².